The summed E-state index contributed by atoms with van der Waals surface area (Å²) in [4.78, 5) is 15.1. The molecule has 1 N–H and O–H groups in total. The van der Waals surface area contributed by atoms with E-state index in [0.717, 1.165) is 23.9 Å². The summed E-state index contributed by atoms with van der Waals surface area (Å²) in [5.74, 6) is 0. The van der Waals surface area contributed by atoms with Crippen LogP contribution >= 0.6 is 27.3 Å². The number of carbonyl (C=O) groups excluding carboxylic acids is 1. The molecule has 1 aromatic rings. The summed E-state index contributed by atoms with van der Waals surface area (Å²) in [6.45, 7) is 3.64. The molecule has 0 saturated carbocycles. The Bertz CT molecular complexity index is 394. The number of halogens is 1. The first-order valence-electron chi connectivity index (χ1n) is 5.94. The van der Waals surface area contributed by atoms with Gasteiger partial charge in [0.05, 0.1) is 6.54 Å². The Morgan fingerprint density at radius 3 is 3.12 bits per heavy atom. The second-order valence-corrected chi connectivity index (χ2v) is 6.34. The van der Waals surface area contributed by atoms with Gasteiger partial charge < -0.3 is 10.2 Å². The van der Waals surface area contributed by atoms with Crippen molar-refractivity contribution in [2.24, 2.45) is 0 Å². The maximum absolute atomic E-state index is 12.0. The van der Waals surface area contributed by atoms with Crippen LogP contribution in [0, 0.1) is 0 Å². The van der Waals surface area contributed by atoms with Gasteiger partial charge in [0.15, 0.2) is 0 Å². The Kier molecular flexibility index (Phi) is 4.45. The molecule has 1 aliphatic rings. The topological polar surface area (TPSA) is 32.3 Å². The fourth-order valence-corrected chi connectivity index (χ4v) is 3.50. The fraction of sp³-hybridized carbons (Fsp3) is 0.583. The molecule has 3 nitrogen and oxygen atoms in total. The first-order valence-corrected chi connectivity index (χ1v) is 7.61. The third-order valence-electron chi connectivity index (χ3n) is 3.10. The number of nitrogens with zero attached hydrogens (tertiary/aromatic N) is 1. The smallest absolute Gasteiger partial charge is 0.317 e. The molecular formula is C12H17BrN2OS. The second kappa shape index (κ2) is 5.87. The Labute approximate surface area is 114 Å². The third-order valence-corrected chi connectivity index (χ3v) is 4.80. The summed E-state index contributed by atoms with van der Waals surface area (Å²) in [7, 11) is 0. The number of piperidine rings is 1. The highest BCUT2D eigenvalue weighted by molar-refractivity contribution is 9.10. The zero-order valence-electron chi connectivity index (χ0n) is 9.91. The SMILES string of the molecule is CC1CCCCN1C(=O)NCc1cc(Br)cs1. The Balaban J connectivity index is 1.84. The van der Waals surface area contributed by atoms with Crippen LogP contribution in [0.4, 0.5) is 4.79 Å². The van der Waals surface area contributed by atoms with Gasteiger partial charge in [-0.05, 0) is 48.2 Å². The fourth-order valence-electron chi connectivity index (χ4n) is 2.11. The normalized spacial score (nSPS) is 20.4. The minimum Gasteiger partial charge on any atom is -0.333 e. The number of carbonyl (C=O) groups is 1. The summed E-state index contributed by atoms with van der Waals surface area (Å²) in [6, 6.07) is 2.49. The van der Waals surface area contributed by atoms with Crippen molar-refractivity contribution >= 4 is 33.3 Å². The van der Waals surface area contributed by atoms with E-state index in [9.17, 15) is 4.79 Å². The van der Waals surface area contributed by atoms with Crippen LogP contribution in [0.25, 0.3) is 0 Å². The number of hydrogen-bond acceptors (Lipinski definition) is 2. The van der Waals surface area contributed by atoms with Gasteiger partial charge in [-0.15, -0.1) is 11.3 Å². The van der Waals surface area contributed by atoms with E-state index >= 15 is 0 Å². The van der Waals surface area contributed by atoms with Gasteiger partial charge in [-0.3, -0.25) is 0 Å². The highest BCUT2D eigenvalue weighted by Crippen LogP contribution is 2.20. The first kappa shape index (κ1) is 12.9. The summed E-state index contributed by atoms with van der Waals surface area (Å²) in [5.41, 5.74) is 0. The minimum atomic E-state index is 0.0710. The number of likely N-dealkylation sites (tertiary alicyclic amines) is 1. The molecule has 0 bridgehead atoms. The van der Waals surface area contributed by atoms with Crippen LogP contribution in [0.3, 0.4) is 0 Å². The van der Waals surface area contributed by atoms with Gasteiger partial charge in [0.25, 0.3) is 0 Å². The molecular weight excluding hydrogens is 300 g/mol. The van der Waals surface area contributed by atoms with E-state index in [1.54, 1.807) is 11.3 Å². The summed E-state index contributed by atoms with van der Waals surface area (Å²) in [5, 5.41) is 5.02. The molecule has 94 valence electrons. The number of nitrogens with one attached hydrogen (secondary N) is 1. The predicted molar refractivity (Wildman–Crippen MR) is 74.3 cm³/mol. The van der Waals surface area contributed by atoms with Crippen molar-refractivity contribution in [1.29, 1.82) is 0 Å². The van der Waals surface area contributed by atoms with Gasteiger partial charge in [-0.25, -0.2) is 4.79 Å². The van der Waals surface area contributed by atoms with Crippen LogP contribution < -0.4 is 5.32 Å². The van der Waals surface area contributed by atoms with Crippen LogP contribution in [-0.2, 0) is 6.54 Å². The summed E-state index contributed by atoms with van der Waals surface area (Å²) < 4.78 is 1.08. The van der Waals surface area contributed by atoms with Crippen molar-refractivity contribution in [1.82, 2.24) is 10.2 Å². The van der Waals surface area contributed by atoms with Crippen LogP contribution in [-0.4, -0.2) is 23.5 Å². The zero-order valence-corrected chi connectivity index (χ0v) is 12.3. The first-order chi connectivity index (χ1) is 8.16. The maximum atomic E-state index is 12.0. The Morgan fingerprint density at radius 1 is 1.65 bits per heavy atom. The number of hydrogen-bond donors (Lipinski definition) is 1. The van der Waals surface area contributed by atoms with Gasteiger partial charge >= 0.3 is 6.03 Å². The number of rotatable bonds is 2. The largest absolute Gasteiger partial charge is 0.333 e. The van der Waals surface area contributed by atoms with E-state index in [-0.39, 0.29) is 6.03 Å². The van der Waals surface area contributed by atoms with E-state index in [4.69, 9.17) is 0 Å². The van der Waals surface area contributed by atoms with Crippen molar-refractivity contribution in [3.05, 3.63) is 20.8 Å². The minimum absolute atomic E-state index is 0.0710. The lowest BCUT2D eigenvalue weighted by molar-refractivity contribution is 0.158. The van der Waals surface area contributed by atoms with Gasteiger partial charge in [0.2, 0.25) is 0 Å². The number of urea groups is 1. The Hall–Kier alpha value is -0.550. The lowest BCUT2D eigenvalue weighted by atomic mass is 10.0. The van der Waals surface area contributed by atoms with Gasteiger partial charge in [0.1, 0.15) is 0 Å². The molecule has 1 saturated heterocycles. The van der Waals surface area contributed by atoms with E-state index in [0.29, 0.717) is 12.6 Å². The van der Waals surface area contributed by atoms with Crippen LogP contribution in [0.5, 0.6) is 0 Å². The van der Waals surface area contributed by atoms with E-state index in [2.05, 4.69) is 28.2 Å². The molecule has 0 spiro atoms. The van der Waals surface area contributed by atoms with Crippen molar-refractivity contribution in [2.45, 2.75) is 38.8 Å². The van der Waals surface area contributed by atoms with E-state index in [1.807, 2.05) is 16.3 Å². The van der Waals surface area contributed by atoms with Crippen molar-refractivity contribution in [2.75, 3.05) is 6.54 Å². The molecule has 17 heavy (non-hydrogen) atoms. The number of amides is 2. The average molecular weight is 317 g/mol. The molecule has 0 aromatic carbocycles. The lowest BCUT2D eigenvalue weighted by Gasteiger charge is -2.33. The molecule has 1 atom stereocenters. The highest BCUT2D eigenvalue weighted by Gasteiger charge is 2.22. The second-order valence-electron chi connectivity index (χ2n) is 4.43. The van der Waals surface area contributed by atoms with Crippen LogP contribution in [0.15, 0.2) is 15.9 Å². The Morgan fingerprint density at radius 2 is 2.47 bits per heavy atom. The quantitative estimate of drug-likeness (QED) is 0.888. The van der Waals surface area contributed by atoms with Crippen LogP contribution in [0.1, 0.15) is 31.1 Å². The molecule has 1 unspecified atom stereocenters. The van der Waals surface area contributed by atoms with E-state index < -0.39 is 0 Å². The molecule has 0 radical (unpaired) electrons. The monoisotopic (exact) mass is 316 g/mol. The number of thiophene rings is 1. The van der Waals surface area contributed by atoms with Crippen molar-refractivity contribution < 1.29 is 4.79 Å². The van der Waals surface area contributed by atoms with E-state index in [1.165, 1.54) is 11.3 Å². The standard InChI is InChI=1S/C12H17BrN2OS/c1-9-4-2-3-5-15(9)12(16)14-7-11-6-10(13)8-17-11/h6,8-9H,2-5,7H2,1H3,(H,14,16). The summed E-state index contributed by atoms with van der Waals surface area (Å²) in [6.07, 6.45) is 3.49. The molecule has 5 heteroatoms. The molecule has 1 aromatic heterocycles. The molecule has 2 rings (SSSR count). The molecule has 1 fully saturated rings. The van der Waals surface area contributed by atoms with Gasteiger partial charge in [-0.1, -0.05) is 0 Å². The van der Waals surface area contributed by atoms with Crippen molar-refractivity contribution in [3.63, 3.8) is 0 Å². The third kappa shape index (κ3) is 3.45. The predicted octanol–water partition coefficient (Wildman–Crippen LogP) is 3.59. The van der Waals surface area contributed by atoms with Gasteiger partial charge in [-0.2, -0.15) is 0 Å². The van der Waals surface area contributed by atoms with Crippen LogP contribution in [0.2, 0.25) is 0 Å². The molecule has 1 aliphatic heterocycles. The van der Waals surface area contributed by atoms with Gasteiger partial charge in [0, 0.05) is 27.3 Å². The lowest BCUT2D eigenvalue weighted by Crippen LogP contribution is -2.47. The average Bonchev–Trinajstić information content (AvgIpc) is 2.73. The molecule has 2 amide bonds. The maximum Gasteiger partial charge on any atom is 0.317 e. The molecule has 0 aliphatic carbocycles. The summed E-state index contributed by atoms with van der Waals surface area (Å²) >= 11 is 5.07. The zero-order chi connectivity index (χ0) is 12.3. The van der Waals surface area contributed by atoms with Crippen molar-refractivity contribution in [3.8, 4) is 0 Å². The highest BCUT2D eigenvalue weighted by atomic mass is 79.9. The molecule has 2 heterocycles.